The van der Waals surface area contributed by atoms with Gasteiger partial charge in [0.2, 0.25) is 0 Å². The summed E-state index contributed by atoms with van der Waals surface area (Å²) in [6.45, 7) is 2.23. The number of rotatable bonds is 5. The van der Waals surface area contributed by atoms with E-state index in [0.29, 0.717) is 0 Å². The van der Waals surface area contributed by atoms with E-state index in [0.717, 1.165) is 6.42 Å². The number of benzene rings is 2. The third-order valence-electron chi connectivity index (χ3n) is 3.93. The van der Waals surface area contributed by atoms with Crippen LogP contribution in [0.3, 0.4) is 0 Å². The third kappa shape index (κ3) is 2.87. The van der Waals surface area contributed by atoms with Crippen LogP contribution in [0.2, 0.25) is 0 Å². The molecule has 108 valence electrons. The van der Waals surface area contributed by atoms with Crippen LogP contribution in [0.1, 0.15) is 36.1 Å². The molecule has 0 fully saturated rings. The van der Waals surface area contributed by atoms with Crippen LogP contribution in [0.4, 0.5) is 0 Å². The minimum atomic E-state index is 0.262. The van der Waals surface area contributed by atoms with Crippen molar-refractivity contribution >= 4 is 21.4 Å². The monoisotopic (exact) mass is 295 g/mol. The molecule has 1 atom stereocenters. The minimum absolute atomic E-state index is 0.262. The molecule has 1 nitrogen and oxygen atoms in total. The molecule has 0 aliphatic rings. The van der Waals surface area contributed by atoms with Gasteiger partial charge in [-0.2, -0.15) is 0 Å². The fourth-order valence-corrected chi connectivity index (χ4v) is 3.93. The zero-order valence-electron chi connectivity index (χ0n) is 12.6. The van der Waals surface area contributed by atoms with Gasteiger partial charge in [0.15, 0.2) is 0 Å². The number of hydrogen-bond acceptors (Lipinski definition) is 2. The normalized spacial score (nSPS) is 12.7. The number of thiophene rings is 1. The quantitative estimate of drug-likeness (QED) is 0.685. The maximum atomic E-state index is 3.49. The predicted molar refractivity (Wildman–Crippen MR) is 93.2 cm³/mol. The van der Waals surface area contributed by atoms with Crippen LogP contribution >= 0.6 is 11.3 Å². The van der Waals surface area contributed by atoms with Gasteiger partial charge >= 0.3 is 0 Å². The second kappa shape index (κ2) is 6.42. The van der Waals surface area contributed by atoms with E-state index in [1.54, 1.807) is 0 Å². The molecule has 2 aromatic carbocycles. The Morgan fingerprint density at radius 1 is 1.10 bits per heavy atom. The van der Waals surface area contributed by atoms with Gasteiger partial charge in [-0.15, -0.1) is 11.3 Å². The maximum Gasteiger partial charge on any atom is 0.0588 e. The van der Waals surface area contributed by atoms with Crippen molar-refractivity contribution in [3.05, 3.63) is 70.6 Å². The van der Waals surface area contributed by atoms with Crippen molar-refractivity contribution in [2.75, 3.05) is 7.05 Å². The first-order valence-electron chi connectivity index (χ1n) is 7.55. The SMILES string of the molecule is CCCc1cccc(C(NC)c2csc3ccccc23)c1. The summed E-state index contributed by atoms with van der Waals surface area (Å²) in [5.41, 5.74) is 4.16. The highest BCUT2D eigenvalue weighted by Crippen LogP contribution is 2.33. The Labute approximate surface area is 130 Å². The van der Waals surface area contributed by atoms with E-state index in [-0.39, 0.29) is 6.04 Å². The van der Waals surface area contributed by atoms with Crippen molar-refractivity contribution in [3.63, 3.8) is 0 Å². The van der Waals surface area contributed by atoms with Crippen LogP contribution in [0.5, 0.6) is 0 Å². The van der Waals surface area contributed by atoms with Crippen molar-refractivity contribution in [2.24, 2.45) is 0 Å². The van der Waals surface area contributed by atoms with Crippen LogP contribution in [-0.4, -0.2) is 7.05 Å². The summed E-state index contributed by atoms with van der Waals surface area (Å²) < 4.78 is 1.36. The molecule has 1 N–H and O–H groups in total. The smallest absolute Gasteiger partial charge is 0.0588 e. The largest absolute Gasteiger partial charge is 0.309 e. The minimum Gasteiger partial charge on any atom is -0.309 e. The summed E-state index contributed by atoms with van der Waals surface area (Å²) in [5.74, 6) is 0. The topological polar surface area (TPSA) is 12.0 Å². The van der Waals surface area contributed by atoms with Gasteiger partial charge < -0.3 is 5.32 Å². The molecule has 0 spiro atoms. The highest BCUT2D eigenvalue weighted by molar-refractivity contribution is 7.17. The molecule has 3 aromatic rings. The third-order valence-corrected chi connectivity index (χ3v) is 4.92. The molecule has 0 aliphatic heterocycles. The predicted octanol–water partition coefficient (Wildman–Crippen LogP) is 5.16. The fourth-order valence-electron chi connectivity index (χ4n) is 2.94. The Hall–Kier alpha value is -1.64. The standard InChI is InChI=1S/C19H21NS/c1-3-7-14-8-6-9-15(12-14)19(20-2)17-13-21-18-11-5-4-10-16(17)18/h4-6,8-13,19-20H,3,7H2,1-2H3. The lowest BCUT2D eigenvalue weighted by atomic mass is 9.96. The van der Waals surface area contributed by atoms with Gasteiger partial charge in [0.25, 0.3) is 0 Å². The van der Waals surface area contributed by atoms with E-state index in [1.165, 1.54) is 33.2 Å². The van der Waals surface area contributed by atoms with Gasteiger partial charge in [0, 0.05) is 4.70 Å². The van der Waals surface area contributed by atoms with Crippen molar-refractivity contribution in [1.82, 2.24) is 5.32 Å². The Morgan fingerprint density at radius 2 is 1.95 bits per heavy atom. The van der Waals surface area contributed by atoms with Crippen LogP contribution in [-0.2, 0) is 6.42 Å². The molecule has 0 amide bonds. The molecular formula is C19H21NS. The molecule has 1 aromatic heterocycles. The average molecular weight is 295 g/mol. The molecule has 0 saturated carbocycles. The lowest BCUT2D eigenvalue weighted by Crippen LogP contribution is -2.17. The lowest BCUT2D eigenvalue weighted by molar-refractivity contribution is 0.697. The molecule has 0 bridgehead atoms. The average Bonchev–Trinajstić information content (AvgIpc) is 2.93. The van der Waals surface area contributed by atoms with E-state index in [9.17, 15) is 0 Å². The Bertz CT molecular complexity index is 729. The molecule has 21 heavy (non-hydrogen) atoms. The van der Waals surface area contributed by atoms with Crippen molar-refractivity contribution < 1.29 is 0 Å². The zero-order chi connectivity index (χ0) is 14.7. The first-order valence-corrected chi connectivity index (χ1v) is 8.43. The highest BCUT2D eigenvalue weighted by Gasteiger charge is 2.16. The maximum absolute atomic E-state index is 3.49. The van der Waals surface area contributed by atoms with Crippen molar-refractivity contribution in [3.8, 4) is 0 Å². The van der Waals surface area contributed by atoms with Crippen LogP contribution < -0.4 is 5.32 Å². The number of hydrogen-bond donors (Lipinski definition) is 1. The van der Waals surface area contributed by atoms with E-state index >= 15 is 0 Å². The van der Waals surface area contributed by atoms with Crippen LogP contribution in [0, 0.1) is 0 Å². The molecule has 1 unspecified atom stereocenters. The second-order valence-corrected chi connectivity index (χ2v) is 6.32. The summed E-state index contributed by atoms with van der Waals surface area (Å²) in [6.07, 6.45) is 2.34. The number of fused-ring (bicyclic) bond motifs is 1. The van der Waals surface area contributed by atoms with Gasteiger partial charge in [-0.1, -0.05) is 55.8 Å². The summed E-state index contributed by atoms with van der Waals surface area (Å²) in [5, 5.41) is 7.14. The summed E-state index contributed by atoms with van der Waals surface area (Å²) >= 11 is 1.83. The van der Waals surface area contributed by atoms with Gasteiger partial charge in [-0.25, -0.2) is 0 Å². The first-order chi connectivity index (χ1) is 10.3. The molecular weight excluding hydrogens is 274 g/mol. The van der Waals surface area contributed by atoms with E-state index in [4.69, 9.17) is 0 Å². The number of nitrogens with one attached hydrogen (secondary N) is 1. The molecule has 3 rings (SSSR count). The fraction of sp³-hybridized carbons (Fsp3) is 0.263. The first kappa shape index (κ1) is 14.3. The van der Waals surface area contributed by atoms with Crippen molar-refractivity contribution in [2.45, 2.75) is 25.8 Å². The summed E-state index contributed by atoms with van der Waals surface area (Å²) in [6, 6.07) is 17.9. The van der Waals surface area contributed by atoms with E-state index in [2.05, 4.69) is 66.2 Å². The molecule has 1 heterocycles. The molecule has 2 heteroatoms. The Balaban J connectivity index is 2.03. The van der Waals surface area contributed by atoms with Gasteiger partial charge in [0.1, 0.15) is 0 Å². The Morgan fingerprint density at radius 3 is 2.76 bits per heavy atom. The number of aryl methyl sites for hydroxylation is 1. The Kier molecular flexibility index (Phi) is 4.37. The zero-order valence-corrected chi connectivity index (χ0v) is 13.4. The van der Waals surface area contributed by atoms with Crippen molar-refractivity contribution in [1.29, 1.82) is 0 Å². The summed E-state index contributed by atoms with van der Waals surface area (Å²) in [7, 11) is 2.05. The lowest BCUT2D eigenvalue weighted by Gasteiger charge is -2.17. The van der Waals surface area contributed by atoms with Crippen LogP contribution in [0.15, 0.2) is 53.9 Å². The second-order valence-electron chi connectivity index (χ2n) is 5.40. The highest BCUT2D eigenvalue weighted by atomic mass is 32.1. The van der Waals surface area contributed by atoms with Gasteiger partial charge in [-0.3, -0.25) is 0 Å². The molecule has 0 radical (unpaired) electrons. The van der Waals surface area contributed by atoms with Gasteiger partial charge in [0.05, 0.1) is 6.04 Å². The van der Waals surface area contributed by atoms with E-state index < -0.39 is 0 Å². The van der Waals surface area contributed by atoms with Crippen LogP contribution in [0.25, 0.3) is 10.1 Å². The summed E-state index contributed by atoms with van der Waals surface area (Å²) in [4.78, 5) is 0. The molecule has 0 aliphatic carbocycles. The molecule has 0 saturated heterocycles. The van der Waals surface area contributed by atoms with E-state index in [1.807, 2.05) is 18.4 Å². The van der Waals surface area contributed by atoms with Gasteiger partial charge in [-0.05, 0) is 47.0 Å².